The second-order valence-corrected chi connectivity index (χ2v) is 9.82. The zero-order valence-electron chi connectivity index (χ0n) is 16.3. The van der Waals surface area contributed by atoms with Crippen LogP contribution in [0.15, 0.2) is 82.2 Å². The van der Waals surface area contributed by atoms with E-state index in [1.54, 1.807) is 4.90 Å². The lowest BCUT2D eigenvalue weighted by molar-refractivity contribution is -0.122. The third-order valence-corrected chi connectivity index (χ3v) is 6.87. The molecule has 1 aliphatic rings. The number of carbonyl (C=O) groups is 1. The number of hydrogen-bond acceptors (Lipinski definition) is 4. The summed E-state index contributed by atoms with van der Waals surface area (Å²) in [7, 11) is 0. The van der Waals surface area contributed by atoms with Gasteiger partial charge in [-0.15, -0.1) is 0 Å². The molecule has 3 nitrogen and oxygen atoms in total. The van der Waals surface area contributed by atoms with Crippen molar-refractivity contribution in [3.63, 3.8) is 0 Å². The Kier molecular flexibility index (Phi) is 7.13. The fraction of sp³-hybridized carbons (Fsp3) is 0.0833. The van der Waals surface area contributed by atoms with Gasteiger partial charge in [-0.2, -0.15) is 0 Å². The molecule has 0 saturated carbocycles. The second-order valence-electron chi connectivity index (χ2n) is 6.86. The first-order valence-electron chi connectivity index (χ1n) is 9.46. The molecule has 0 N–H and O–H groups in total. The number of ether oxygens (including phenoxy) is 1. The highest BCUT2D eigenvalue weighted by molar-refractivity contribution is 9.10. The molecule has 3 aromatic carbocycles. The molecule has 0 radical (unpaired) electrons. The van der Waals surface area contributed by atoms with Crippen molar-refractivity contribution in [3.8, 4) is 5.75 Å². The van der Waals surface area contributed by atoms with E-state index in [0.29, 0.717) is 27.4 Å². The quantitative estimate of drug-likeness (QED) is 0.251. The summed E-state index contributed by atoms with van der Waals surface area (Å²) in [5, 5.41) is 0.698. The van der Waals surface area contributed by atoms with Gasteiger partial charge in [0.05, 0.1) is 15.9 Å². The number of carbonyl (C=O) groups excluding carboxylic acids is 1. The smallest absolute Gasteiger partial charge is 0.266 e. The summed E-state index contributed by atoms with van der Waals surface area (Å²) in [6.07, 6.45) is 1.86. The lowest BCUT2D eigenvalue weighted by Crippen LogP contribution is -2.27. The highest BCUT2D eigenvalue weighted by Crippen LogP contribution is 2.35. The van der Waals surface area contributed by atoms with Gasteiger partial charge in [0.2, 0.25) is 0 Å². The summed E-state index contributed by atoms with van der Waals surface area (Å²) in [5.41, 5.74) is 2.97. The van der Waals surface area contributed by atoms with Gasteiger partial charge in [0.1, 0.15) is 16.7 Å². The van der Waals surface area contributed by atoms with Crippen molar-refractivity contribution >= 4 is 67.8 Å². The van der Waals surface area contributed by atoms with Crippen molar-refractivity contribution in [2.75, 3.05) is 0 Å². The van der Waals surface area contributed by atoms with Crippen molar-refractivity contribution in [3.05, 3.63) is 104 Å². The van der Waals surface area contributed by atoms with Crippen molar-refractivity contribution in [1.82, 2.24) is 4.90 Å². The summed E-state index contributed by atoms with van der Waals surface area (Å²) in [4.78, 5) is 15.1. The Morgan fingerprint density at radius 1 is 1.03 bits per heavy atom. The van der Waals surface area contributed by atoms with E-state index in [2.05, 4.69) is 15.9 Å². The van der Waals surface area contributed by atoms with E-state index in [9.17, 15) is 4.79 Å². The Labute approximate surface area is 204 Å². The van der Waals surface area contributed by atoms with Crippen LogP contribution in [0.4, 0.5) is 0 Å². The Bertz CT molecular complexity index is 1150. The van der Waals surface area contributed by atoms with Gasteiger partial charge in [0.15, 0.2) is 0 Å². The predicted molar refractivity (Wildman–Crippen MR) is 135 cm³/mol. The van der Waals surface area contributed by atoms with E-state index in [1.165, 1.54) is 11.8 Å². The predicted octanol–water partition coefficient (Wildman–Crippen LogP) is 7.08. The van der Waals surface area contributed by atoms with Crippen molar-refractivity contribution in [2.24, 2.45) is 0 Å². The Morgan fingerprint density at radius 3 is 2.48 bits per heavy atom. The number of rotatable bonds is 6. The molecule has 0 spiro atoms. The number of nitrogens with zero attached hydrogens (tertiary/aromatic N) is 1. The van der Waals surface area contributed by atoms with Gasteiger partial charge in [-0.1, -0.05) is 84.1 Å². The van der Waals surface area contributed by atoms with E-state index in [1.807, 2.05) is 78.9 Å². The Balaban J connectivity index is 1.44. The van der Waals surface area contributed by atoms with Crippen molar-refractivity contribution in [2.45, 2.75) is 13.2 Å². The van der Waals surface area contributed by atoms with Gasteiger partial charge in [-0.25, -0.2) is 0 Å². The summed E-state index contributed by atoms with van der Waals surface area (Å²) in [5.74, 6) is 0.654. The van der Waals surface area contributed by atoms with Gasteiger partial charge in [0.25, 0.3) is 5.91 Å². The molecule has 1 amide bonds. The van der Waals surface area contributed by atoms with Crippen LogP contribution in [-0.2, 0) is 17.9 Å². The van der Waals surface area contributed by atoms with E-state index in [4.69, 9.17) is 28.6 Å². The van der Waals surface area contributed by atoms with Crippen molar-refractivity contribution in [1.29, 1.82) is 0 Å². The molecular formula is C24H17BrClNO2S2. The van der Waals surface area contributed by atoms with Crippen LogP contribution in [0.5, 0.6) is 5.75 Å². The molecule has 7 heteroatoms. The third-order valence-electron chi connectivity index (χ3n) is 4.62. The number of hydrogen-bond donors (Lipinski definition) is 0. The highest BCUT2D eigenvalue weighted by atomic mass is 79.9. The molecule has 0 unspecified atom stereocenters. The number of thioether (sulfide) groups is 1. The molecule has 3 aromatic rings. The van der Waals surface area contributed by atoms with Gasteiger partial charge < -0.3 is 4.74 Å². The first kappa shape index (κ1) is 22.1. The largest absolute Gasteiger partial charge is 0.488 e. The van der Waals surface area contributed by atoms with E-state index in [0.717, 1.165) is 26.9 Å². The zero-order chi connectivity index (χ0) is 21.8. The number of thiocarbonyl (C=S) groups is 1. The normalized spacial score (nSPS) is 15.0. The Morgan fingerprint density at radius 2 is 1.77 bits per heavy atom. The van der Waals surface area contributed by atoms with Crippen LogP contribution >= 0.6 is 51.5 Å². The van der Waals surface area contributed by atoms with Crippen LogP contribution in [-0.4, -0.2) is 15.1 Å². The lowest BCUT2D eigenvalue weighted by Gasteiger charge is -2.14. The minimum absolute atomic E-state index is 0.0713. The van der Waals surface area contributed by atoms with Gasteiger partial charge in [-0.3, -0.25) is 9.69 Å². The molecule has 1 heterocycles. The van der Waals surface area contributed by atoms with Gasteiger partial charge in [0, 0.05) is 5.02 Å². The van der Waals surface area contributed by atoms with Gasteiger partial charge >= 0.3 is 0 Å². The molecule has 31 heavy (non-hydrogen) atoms. The molecule has 0 bridgehead atoms. The maximum Gasteiger partial charge on any atom is 0.266 e. The topological polar surface area (TPSA) is 29.5 Å². The molecule has 156 valence electrons. The molecule has 0 atom stereocenters. The third kappa shape index (κ3) is 5.57. The standard InChI is InChI=1S/C24H17BrClNO2S2/c25-20-12-18(8-11-21(20)29-15-17-6-9-19(26)10-7-17)13-22-23(28)27(24(30)31-22)14-16-4-2-1-3-5-16/h1-13H,14-15H2/b22-13-. The average molecular weight is 531 g/mol. The van der Waals surface area contributed by atoms with E-state index in [-0.39, 0.29) is 5.91 Å². The number of halogens is 2. The Hall–Kier alpha value is -2.12. The average Bonchev–Trinajstić information content (AvgIpc) is 3.02. The van der Waals surface area contributed by atoms with Crippen LogP contribution in [0, 0.1) is 0 Å². The van der Waals surface area contributed by atoms with Crippen LogP contribution in [0.25, 0.3) is 6.08 Å². The van der Waals surface area contributed by atoms with E-state index < -0.39 is 0 Å². The maximum atomic E-state index is 12.9. The first-order valence-corrected chi connectivity index (χ1v) is 11.9. The van der Waals surface area contributed by atoms with Gasteiger partial charge in [-0.05, 0) is 63.0 Å². The summed E-state index contributed by atoms with van der Waals surface area (Å²) < 4.78 is 7.28. The van der Waals surface area contributed by atoms with Crippen molar-refractivity contribution < 1.29 is 9.53 Å². The first-order chi connectivity index (χ1) is 15.0. The summed E-state index contributed by atoms with van der Waals surface area (Å²) in [6, 6.07) is 23.1. The van der Waals surface area contributed by atoms with E-state index >= 15 is 0 Å². The van der Waals surface area contributed by atoms with Crippen LogP contribution in [0.3, 0.4) is 0 Å². The monoisotopic (exact) mass is 529 g/mol. The van der Waals surface area contributed by atoms with Crippen LogP contribution < -0.4 is 4.74 Å². The molecular weight excluding hydrogens is 514 g/mol. The number of benzene rings is 3. The SMILES string of the molecule is O=C1/C(=C/c2ccc(OCc3ccc(Cl)cc3)c(Br)c2)SC(=S)N1Cc1ccccc1. The fourth-order valence-corrected chi connectivity index (χ4v) is 4.91. The molecule has 1 aliphatic heterocycles. The lowest BCUT2D eigenvalue weighted by atomic mass is 10.2. The maximum absolute atomic E-state index is 12.9. The summed E-state index contributed by atoms with van der Waals surface area (Å²) >= 11 is 16.2. The molecule has 1 fully saturated rings. The summed E-state index contributed by atoms with van der Waals surface area (Å²) in [6.45, 7) is 0.914. The van der Waals surface area contributed by atoms with Crippen LogP contribution in [0.1, 0.15) is 16.7 Å². The molecule has 0 aromatic heterocycles. The number of amides is 1. The second kappa shape index (κ2) is 10.0. The fourth-order valence-electron chi connectivity index (χ4n) is 3.02. The molecule has 0 aliphatic carbocycles. The minimum Gasteiger partial charge on any atom is -0.488 e. The zero-order valence-corrected chi connectivity index (χ0v) is 20.2. The molecule has 4 rings (SSSR count). The van der Waals surface area contributed by atoms with Crippen LogP contribution in [0.2, 0.25) is 5.02 Å². The molecule has 1 saturated heterocycles. The highest BCUT2D eigenvalue weighted by Gasteiger charge is 2.31. The minimum atomic E-state index is -0.0713.